The zero-order valence-electron chi connectivity index (χ0n) is 6.79. The van der Waals surface area contributed by atoms with Crippen LogP contribution in [0.15, 0.2) is 12.2 Å². The first-order chi connectivity index (χ1) is 5.11. The van der Waals surface area contributed by atoms with Crippen LogP contribution in [0.1, 0.15) is 13.8 Å². The van der Waals surface area contributed by atoms with Gasteiger partial charge in [-0.2, -0.15) is 0 Å². The third-order valence-corrected chi connectivity index (χ3v) is 2.90. The third-order valence-electron chi connectivity index (χ3n) is 1.56. The van der Waals surface area contributed by atoms with Crippen LogP contribution in [0.5, 0.6) is 0 Å². The van der Waals surface area contributed by atoms with Crippen LogP contribution in [-0.2, 0) is 9.53 Å². The van der Waals surface area contributed by atoms with E-state index in [1.165, 1.54) is 0 Å². The Morgan fingerprint density at radius 1 is 1.73 bits per heavy atom. The highest BCUT2D eigenvalue weighted by atomic mass is 32.2. The van der Waals surface area contributed by atoms with Crippen LogP contribution < -0.4 is 0 Å². The highest BCUT2D eigenvalue weighted by Gasteiger charge is 2.34. The Labute approximate surface area is 71.0 Å². The van der Waals surface area contributed by atoms with Gasteiger partial charge in [0, 0.05) is 10.8 Å². The fourth-order valence-electron chi connectivity index (χ4n) is 0.686. The molecule has 0 bridgehead atoms. The molecule has 1 fully saturated rings. The molecular weight excluding hydrogens is 160 g/mol. The van der Waals surface area contributed by atoms with Crippen LogP contribution >= 0.6 is 11.8 Å². The van der Waals surface area contributed by atoms with Crippen molar-refractivity contribution in [3.63, 3.8) is 0 Å². The molecule has 0 aromatic rings. The minimum Gasteiger partial charge on any atom is -0.461 e. The summed E-state index contributed by atoms with van der Waals surface area (Å²) < 4.78 is 4.94. The van der Waals surface area contributed by atoms with Crippen molar-refractivity contribution in [2.24, 2.45) is 0 Å². The quantitative estimate of drug-likeness (QED) is 0.367. The normalized spacial score (nSPS) is 27.8. The zero-order valence-corrected chi connectivity index (χ0v) is 7.61. The van der Waals surface area contributed by atoms with Crippen molar-refractivity contribution in [2.75, 3.05) is 6.61 Å². The predicted octanol–water partition coefficient (Wildman–Crippen LogP) is 1.61. The van der Waals surface area contributed by atoms with E-state index in [2.05, 4.69) is 13.5 Å². The largest absolute Gasteiger partial charge is 0.461 e. The number of rotatable bonds is 3. The Hall–Kier alpha value is -0.440. The number of hydrogen-bond acceptors (Lipinski definition) is 3. The Kier molecular flexibility index (Phi) is 2.60. The van der Waals surface area contributed by atoms with Crippen molar-refractivity contribution in [1.29, 1.82) is 0 Å². The zero-order chi connectivity index (χ0) is 8.43. The van der Waals surface area contributed by atoms with Crippen molar-refractivity contribution in [3.8, 4) is 0 Å². The van der Waals surface area contributed by atoms with Gasteiger partial charge in [0.2, 0.25) is 0 Å². The predicted molar refractivity (Wildman–Crippen MR) is 46.6 cm³/mol. The number of hydrogen-bond donors (Lipinski definition) is 0. The summed E-state index contributed by atoms with van der Waals surface area (Å²) in [7, 11) is 0. The fourth-order valence-corrected chi connectivity index (χ4v) is 1.37. The van der Waals surface area contributed by atoms with Crippen LogP contribution in [0.3, 0.4) is 0 Å². The number of carbonyl (C=O) groups excluding carboxylic acids is 1. The van der Waals surface area contributed by atoms with Gasteiger partial charge in [-0.3, -0.25) is 0 Å². The maximum atomic E-state index is 10.9. The van der Waals surface area contributed by atoms with Crippen LogP contribution in [0, 0.1) is 0 Å². The van der Waals surface area contributed by atoms with Crippen LogP contribution in [-0.4, -0.2) is 23.1 Å². The summed E-state index contributed by atoms with van der Waals surface area (Å²) in [4.78, 5) is 10.9. The Morgan fingerprint density at radius 3 is 2.64 bits per heavy atom. The molecule has 1 aliphatic heterocycles. The van der Waals surface area contributed by atoms with Crippen LogP contribution in [0.2, 0.25) is 0 Å². The van der Waals surface area contributed by atoms with Gasteiger partial charge < -0.3 is 4.74 Å². The maximum absolute atomic E-state index is 10.9. The van der Waals surface area contributed by atoms with Crippen molar-refractivity contribution < 1.29 is 9.53 Å². The SMILES string of the molecule is C=C(C)C(=O)OCC1SC1C. The average molecular weight is 172 g/mol. The van der Waals surface area contributed by atoms with Gasteiger partial charge in [0.05, 0.1) is 5.25 Å². The monoisotopic (exact) mass is 172 g/mol. The van der Waals surface area contributed by atoms with Gasteiger partial charge in [0.25, 0.3) is 0 Å². The molecular formula is C8H12O2S. The summed E-state index contributed by atoms with van der Waals surface area (Å²) in [6.45, 7) is 7.82. The lowest BCUT2D eigenvalue weighted by Crippen LogP contribution is -2.10. The first kappa shape index (κ1) is 8.65. The Balaban J connectivity index is 2.12. The molecule has 0 aromatic carbocycles. The minimum atomic E-state index is -0.273. The first-order valence-corrected chi connectivity index (χ1v) is 4.53. The van der Waals surface area contributed by atoms with Crippen molar-refractivity contribution in [2.45, 2.75) is 24.3 Å². The van der Waals surface area contributed by atoms with E-state index in [-0.39, 0.29) is 5.97 Å². The number of carbonyl (C=O) groups is 1. The van der Waals surface area contributed by atoms with Crippen molar-refractivity contribution in [1.82, 2.24) is 0 Å². The van der Waals surface area contributed by atoms with Gasteiger partial charge in [-0.05, 0) is 6.92 Å². The molecule has 3 heteroatoms. The van der Waals surface area contributed by atoms with E-state index in [0.717, 1.165) is 0 Å². The van der Waals surface area contributed by atoms with E-state index < -0.39 is 0 Å². The van der Waals surface area contributed by atoms with Crippen molar-refractivity contribution in [3.05, 3.63) is 12.2 Å². The van der Waals surface area contributed by atoms with E-state index in [0.29, 0.717) is 22.7 Å². The van der Waals surface area contributed by atoms with Crippen molar-refractivity contribution >= 4 is 17.7 Å². The second-order valence-corrected chi connectivity index (χ2v) is 4.38. The van der Waals surface area contributed by atoms with Crippen LogP contribution in [0.4, 0.5) is 0 Å². The molecule has 0 amide bonds. The molecule has 62 valence electrons. The highest BCUT2D eigenvalue weighted by molar-refractivity contribution is 8.07. The van der Waals surface area contributed by atoms with E-state index in [1.807, 2.05) is 11.8 Å². The molecule has 0 N–H and O–H groups in total. The topological polar surface area (TPSA) is 26.3 Å². The van der Waals surface area contributed by atoms with E-state index >= 15 is 0 Å². The molecule has 1 aliphatic rings. The summed E-state index contributed by atoms with van der Waals surface area (Å²) in [5.74, 6) is -0.273. The van der Waals surface area contributed by atoms with Gasteiger partial charge in [0.15, 0.2) is 0 Å². The Morgan fingerprint density at radius 2 is 2.27 bits per heavy atom. The van der Waals surface area contributed by atoms with Gasteiger partial charge >= 0.3 is 5.97 Å². The summed E-state index contributed by atoms with van der Waals surface area (Å²) in [5.41, 5.74) is 0.475. The van der Waals surface area contributed by atoms with Crippen LogP contribution in [0.25, 0.3) is 0 Å². The molecule has 0 saturated carbocycles. The van der Waals surface area contributed by atoms with Gasteiger partial charge in [-0.15, -0.1) is 11.8 Å². The molecule has 1 heterocycles. The summed E-state index contributed by atoms with van der Waals surface area (Å²) in [5, 5.41) is 1.19. The molecule has 2 unspecified atom stereocenters. The summed E-state index contributed by atoms with van der Waals surface area (Å²) in [6, 6.07) is 0. The molecule has 0 aliphatic carbocycles. The number of esters is 1. The van der Waals surface area contributed by atoms with Gasteiger partial charge in [0.1, 0.15) is 6.61 Å². The molecule has 1 saturated heterocycles. The molecule has 1 rings (SSSR count). The van der Waals surface area contributed by atoms with E-state index in [1.54, 1.807) is 6.92 Å². The lowest BCUT2D eigenvalue weighted by molar-refractivity contribution is -0.138. The molecule has 2 atom stereocenters. The third kappa shape index (κ3) is 2.58. The minimum absolute atomic E-state index is 0.273. The van der Waals surface area contributed by atoms with Gasteiger partial charge in [-0.25, -0.2) is 4.79 Å². The van der Waals surface area contributed by atoms with E-state index in [4.69, 9.17) is 4.74 Å². The fraction of sp³-hybridized carbons (Fsp3) is 0.625. The standard InChI is InChI=1S/C8H12O2S/c1-5(2)8(9)10-4-7-6(3)11-7/h6-7H,1,4H2,2-3H3. The maximum Gasteiger partial charge on any atom is 0.333 e. The summed E-state index contributed by atoms with van der Waals surface area (Å²) >= 11 is 1.84. The molecule has 2 nitrogen and oxygen atoms in total. The average Bonchev–Trinajstić information content (AvgIpc) is 2.61. The van der Waals surface area contributed by atoms with E-state index in [9.17, 15) is 4.79 Å². The second kappa shape index (κ2) is 3.30. The number of thioether (sulfide) groups is 1. The molecule has 0 radical (unpaired) electrons. The first-order valence-electron chi connectivity index (χ1n) is 3.59. The molecule has 11 heavy (non-hydrogen) atoms. The Bertz CT molecular complexity index is 189. The highest BCUT2D eigenvalue weighted by Crippen LogP contribution is 2.40. The second-order valence-electron chi connectivity index (χ2n) is 2.76. The summed E-state index contributed by atoms with van der Waals surface area (Å²) in [6.07, 6.45) is 0. The molecule has 0 aromatic heterocycles. The van der Waals surface area contributed by atoms with Gasteiger partial charge in [-0.1, -0.05) is 13.5 Å². The smallest absolute Gasteiger partial charge is 0.333 e. The number of ether oxygens (including phenoxy) is 1. The lowest BCUT2D eigenvalue weighted by atomic mass is 10.3. The lowest BCUT2D eigenvalue weighted by Gasteiger charge is -2.00. The molecule has 0 spiro atoms.